The fourth-order valence-corrected chi connectivity index (χ4v) is 6.68. The monoisotopic (exact) mass is 560 g/mol. The molecule has 0 N–H and O–H groups in total. The molecule has 4 aromatic carbocycles. The first-order chi connectivity index (χ1) is 19.6. The predicted molar refractivity (Wildman–Crippen MR) is 161 cm³/mol. The van der Waals surface area contributed by atoms with E-state index in [2.05, 4.69) is 36.4 Å². The fourth-order valence-electron chi connectivity index (χ4n) is 5.55. The van der Waals surface area contributed by atoms with Crippen molar-refractivity contribution >= 4 is 34.7 Å². The van der Waals surface area contributed by atoms with E-state index in [0.29, 0.717) is 16.2 Å². The maximum atomic E-state index is 14.0. The van der Waals surface area contributed by atoms with Gasteiger partial charge in [0.1, 0.15) is 12.4 Å². The van der Waals surface area contributed by atoms with Crippen molar-refractivity contribution < 1.29 is 4.74 Å². The van der Waals surface area contributed by atoms with Gasteiger partial charge in [-0.25, -0.2) is 4.99 Å². The largest absolute Gasteiger partial charge is 0.489 e. The van der Waals surface area contributed by atoms with Crippen LogP contribution in [0.3, 0.4) is 0 Å². The van der Waals surface area contributed by atoms with E-state index in [1.165, 1.54) is 28.0 Å². The lowest BCUT2D eigenvalue weighted by Crippen LogP contribution is -2.38. The van der Waals surface area contributed by atoms with Crippen molar-refractivity contribution in [1.29, 1.82) is 0 Å². The van der Waals surface area contributed by atoms with Crippen LogP contribution in [-0.4, -0.2) is 4.57 Å². The standard InChI is InChI=1S/C34H25ClN2O2S/c35-26-16-13-22(14-17-26)21-39-27-11-6-7-23(19-27)20-30-33(38)37-32(25-9-2-1-3-10-25)29-18-15-24-8-4-5-12-28(24)31(29)36-34(37)40-30/h1-14,16-17,19-20,32H,15,18,21H2/b30-20+/t32-/m1/s1. The minimum Gasteiger partial charge on any atom is -0.489 e. The molecular formula is C34H25ClN2O2S. The van der Waals surface area contributed by atoms with Crippen LogP contribution in [0.2, 0.25) is 5.02 Å². The number of aryl methyl sites for hydroxylation is 1. The summed E-state index contributed by atoms with van der Waals surface area (Å²) in [4.78, 5) is 19.8. The molecule has 0 saturated heterocycles. The van der Waals surface area contributed by atoms with Crippen molar-refractivity contribution in [3.8, 4) is 5.75 Å². The smallest absolute Gasteiger partial charge is 0.271 e. The second-order valence-electron chi connectivity index (χ2n) is 10.0. The summed E-state index contributed by atoms with van der Waals surface area (Å²) in [7, 11) is 0. The maximum Gasteiger partial charge on any atom is 0.271 e. The number of ether oxygens (including phenoxy) is 1. The lowest BCUT2D eigenvalue weighted by atomic mass is 9.83. The minimum absolute atomic E-state index is 0.0181. The fraction of sp³-hybridized carbons (Fsp3) is 0.118. The molecule has 0 saturated carbocycles. The molecule has 196 valence electrons. The Morgan fingerprint density at radius 3 is 2.58 bits per heavy atom. The highest BCUT2D eigenvalue weighted by Gasteiger charge is 2.32. The first-order valence-electron chi connectivity index (χ1n) is 13.3. The molecule has 0 bridgehead atoms. The molecule has 6 heteroatoms. The molecule has 1 atom stereocenters. The van der Waals surface area contributed by atoms with Crippen LogP contribution in [0.25, 0.3) is 11.8 Å². The first-order valence-corrected chi connectivity index (χ1v) is 14.5. The maximum absolute atomic E-state index is 14.0. The van der Waals surface area contributed by atoms with Crippen LogP contribution in [0.1, 0.15) is 40.3 Å². The van der Waals surface area contributed by atoms with Crippen LogP contribution < -0.4 is 19.6 Å². The summed E-state index contributed by atoms with van der Waals surface area (Å²) >= 11 is 7.44. The van der Waals surface area contributed by atoms with Gasteiger partial charge in [0.25, 0.3) is 5.56 Å². The third kappa shape index (κ3) is 4.61. The zero-order valence-electron chi connectivity index (χ0n) is 21.6. The summed E-state index contributed by atoms with van der Waals surface area (Å²) in [5.74, 6) is 0.741. The molecule has 2 heterocycles. The Morgan fingerprint density at radius 1 is 0.925 bits per heavy atom. The molecule has 0 spiro atoms. The lowest BCUT2D eigenvalue weighted by Gasteiger charge is -2.30. The van der Waals surface area contributed by atoms with Crippen LogP contribution in [0.15, 0.2) is 118 Å². The van der Waals surface area contributed by atoms with Gasteiger partial charge >= 0.3 is 0 Å². The highest BCUT2D eigenvalue weighted by atomic mass is 35.5. The molecule has 5 aromatic rings. The average molecular weight is 561 g/mol. The molecule has 0 amide bonds. The first kappa shape index (κ1) is 24.8. The Bertz CT molecular complexity index is 1940. The molecular weight excluding hydrogens is 536 g/mol. The Kier molecular flexibility index (Phi) is 6.46. The van der Waals surface area contributed by atoms with Gasteiger partial charge < -0.3 is 4.74 Å². The SMILES string of the molecule is O=c1/c(=C\c2cccc(OCc3ccc(Cl)cc3)c2)sc2n1[C@H](c1ccccc1)C1=C(N=2)c2ccccc2CC1. The Hall–Kier alpha value is -4.19. The van der Waals surface area contributed by atoms with Crippen LogP contribution in [-0.2, 0) is 13.0 Å². The molecule has 0 fully saturated rings. The normalized spacial score (nSPS) is 16.1. The third-order valence-electron chi connectivity index (χ3n) is 7.46. The van der Waals surface area contributed by atoms with Crippen molar-refractivity contribution in [3.63, 3.8) is 0 Å². The average Bonchev–Trinajstić information content (AvgIpc) is 3.30. The van der Waals surface area contributed by atoms with Crippen molar-refractivity contribution in [3.05, 3.63) is 161 Å². The number of rotatable bonds is 5. The molecule has 40 heavy (non-hydrogen) atoms. The van der Waals surface area contributed by atoms with Gasteiger partial charge in [-0.3, -0.25) is 9.36 Å². The molecule has 0 radical (unpaired) electrons. The van der Waals surface area contributed by atoms with Gasteiger partial charge in [0.15, 0.2) is 4.80 Å². The van der Waals surface area contributed by atoms with Crippen LogP contribution in [0, 0.1) is 0 Å². The van der Waals surface area contributed by atoms with Gasteiger partial charge in [-0.2, -0.15) is 0 Å². The highest BCUT2D eigenvalue weighted by molar-refractivity contribution is 7.07. The number of fused-ring (bicyclic) bond motifs is 3. The van der Waals surface area contributed by atoms with Crippen molar-refractivity contribution in [2.45, 2.75) is 25.5 Å². The molecule has 1 aliphatic carbocycles. The van der Waals surface area contributed by atoms with Gasteiger partial charge in [0.2, 0.25) is 0 Å². The molecule has 1 aromatic heterocycles. The van der Waals surface area contributed by atoms with Crippen LogP contribution in [0.5, 0.6) is 5.75 Å². The number of hydrogen-bond donors (Lipinski definition) is 0. The zero-order valence-corrected chi connectivity index (χ0v) is 23.2. The number of hydrogen-bond acceptors (Lipinski definition) is 4. The number of aromatic nitrogens is 1. The summed E-state index contributed by atoms with van der Waals surface area (Å²) in [5, 5.41) is 0.701. The van der Waals surface area contributed by atoms with Gasteiger partial charge in [-0.05, 0) is 71.0 Å². The van der Waals surface area contributed by atoms with Crippen LogP contribution >= 0.6 is 22.9 Å². The van der Waals surface area contributed by atoms with Crippen molar-refractivity contribution in [1.82, 2.24) is 4.57 Å². The summed E-state index contributed by atoms with van der Waals surface area (Å²) in [6.45, 7) is 0.437. The Morgan fingerprint density at radius 2 is 1.73 bits per heavy atom. The number of thiazole rings is 1. The lowest BCUT2D eigenvalue weighted by molar-refractivity contribution is 0.306. The quantitative estimate of drug-likeness (QED) is 0.245. The van der Waals surface area contributed by atoms with Crippen molar-refractivity contribution in [2.24, 2.45) is 4.99 Å². The summed E-state index contributed by atoms with van der Waals surface area (Å²) in [6, 6.07) is 34.1. The van der Waals surface area contributed by atoms with E-state index in [9.17, 15) is 4.79 Å². The third-order valence-corrected chi connectivity index (χ3v) is 8.70. The van der Waals surface area contributed by atoms with Gasteiger partial charge in [-0.1, -0.05) is 102 Å². The van der Waals surface area contributed by atoms with Crippen LogP contribution in [0.4, 0.5) is 0 Å². The number of allylic oxidation sites excluding steroid dienone is 1. The van der Waals surface area contributed by atoms with Gasteiger partial charge in [-0.15, -0.1) is 0 Å². The van der Waals surface area contributed by atoms with E-state index in [-0.39, 0.29) is 11.6 Å². The highest BCUT2D eigenvalue weighted by Crippen LogP contribution is 2.41. The van der Waals surface area contributed by atoms with Gasteiger partial charge in [0.05, 0.1) is 16.3 Å². The van der Waals surface area contributed by atoms with E-state index >= 15 is 0 Å². The second-order valence-corrected chi connectivity index (χ2v) is 11.5. The van der Waals surface area contributed by atoms with E-state index in [0.717, 1.165) is 45.8 Å². The molecule has 1 aliphatic heterocycles. The number of halogens is 1. The second kappa shape index (κ2) is 10.4. The summed E-state index contributed by atoms with van der Waals surface area (Å²) < 4.78 is 8.57. The van der Waals surface area contributed by atoms with E-state index < -0.39 is 0 Å². The minimum atomic E-state index is -0.169. The summed E-state index contributed by atoms with van der Waals surface area (Å²) in [6.07, 6.45) is 3.77. The summed E-state index contributed by atoms with van der Waals surface area (Å²) in [5.41, 5.74) is 7.74. The van der Waals surface area contributed by atoms with E-state index in [4.69, 9.17) is 21.3 Å². The molecule has 2 aliphatic rings. The van der Waals surface area contributed by atoms with Gasteiger partial charge in [0, 0.05) is 10.6 Å². The molecule has 4 nitrogen and oxygen atoms in total. The molecule has 7 rings (SSSR count). The Labute approximate surface area is 240 Å². The zero-order chi connectivity index (χ0) is 27.1. The van der Waals surface area contributed by atoms with E-state index in [1.807, 2.05) is 77.4 Å². The number of nitrogens with zero attached hydrogens (tertiary/aromatic N) is 2. The topological polar surface area (TPSA) is 43.6 Å². The Balaban J connectivity index is 1.30. The number of benzene rings is 4. The van der Waals surface area contributed by atoms with Crippen molar-refractivity contribution in [2.75, 3.05) is 0 Å². The molecule has 0 unspecified atom stereocenters. The van der Waals surface area contributed by atoms with E-state index in [1.54, 1.807) is 0 Å². The predicted octanol–water partition coefficient (Wildman–Crippen LogP) is 6.55.